The zero-order valence-electron chi connectivity index (χ0n) is 14.4. The van der Waals surface area contributed by atoms with Gasteiger partial charge in [0, 0.05) is 19.5 Å². The fourth-order valence-corrected chi connectivity index (χ4v) is 3.15. The number of rotatable bonds is 4. The maximum atomic E-state index is 12.6. The third-order valence-electron chi connectivity index (χ3n) is 4.55. The fraction of sp³-hybridized carbons (Fsp3) is 0.500. The minimum atomic E-state index is -0.0102. The van der Waals surface area contributed by atoms with Crippen molar-refractivity contribution in [2.24, 2.45) is 0 Å². The second kappa shape index (κ2) is 7.03. The molecule has 1 aromatic heterocycles. The van der Waals surface area contributed by atoms with Crippen molar-refractivity contribution in [1.82, 2.24) is 15.1 Å². The Hall–Kier alpha value is -2.37. The fourth-order valence-electron chi connectivity index (χ4n) is 3.15. The lowest BCUT2D eigenvalue weighted by Gasteiger charge is -2.37. The Labute approximate surface area is 141 Å². The first-order valence-corrected chi connectivity index (χ1v) is 8.33. The second-order valence-corrected chi connectivity index (χ2v) is 6.34. The number of likely N-dealkylation sites (tertiary alicyclic amines) is 1. The minimum Gasteiger partial charge on any atom is -0.484 e. The lowest BCUT2D eigenvalue weighted by Crippen LogP contribution is -2.47. The van der Waals surface area contributed by atoms with E-state index >= 15 is 0 Å². The maximum Gasteiger partial charge on any atom is 0.260 e. The number of nitrogens with zero attached hydrogens (tertiary/aromatic N) is 3. The van der Waals surface area contributed by atoms with Gasteiger partial charge in [0.15, 0.2) is 6.61 Å². The summed E-state index contributed by atoms with van der Waals surface area (Å²) in [6, 6.07) is 7.72. The van der Waals surface area contributed by atoms with E-state index in [0.29, 0.717) is 17.5 Å². The first-order chi connectivity index (χ1) is 11.5. The highest BCUT2D eigenvalue weighted by molar-refractivity contribution is 5.78. The van der Waals surface area contributed by atoms with Crippen molar-refractivity contribution in [2.45, 2.75) is 45.6 Å². The van der Waals surface area contributed by atoms with Crippen LogP contribution in [0.15, 0.2) is 28.7 Å². The van der Waals surface area contributed by atoms with Crippen molar-refractivity contribution in [2.75, 3.05) is 13.2 Å². The molecule has 0 spiro atoms. The largest absolute Gasteiger partial charge is 0.484 e. The third kappa shape index (κ3) is 3.58. The number of hydrogen-bond acceptors (Lipinski definition) is 5. The molecule has 1 aliphatic heterocycles. The number of aromatic nitrogens is 2. The molecule has 0 saturated carbocycles. The second-order valence-electron chi connectivity index (χ2n) is 6.34. The molecule has 128 valence electrons. The highest BCUT2D eigenvalue weighted by atomic mass is 16.5. The highest BCUT2D eigenvalue weighted by Gasteiger charge is 2.35. The molecule has 0 bridgehead atoms. The number of carbonyl (C=O) groups excluding carboxylic acids is 1. The van der Waals surface area contributed by atoms with E-state index in [2.05, 4.69) is 10.2 Å². The Balaban J connectivity index is 1.62. The van der Waals surface area contributed by atoms with Gasteiger partial charge in [0.2, 0.25) is 11.8 Å². The Morgan fingerprint density at radius 2 is 2.04 bits per heavy atom. The molecule has 0 radical (unpaired) electrons. The number of amides is 1. The quantitative estimate of drug-likeness (QED) is 0.863. The first-order valence-electron chi connectivity index (χ1n) is 8.33. The van der Waals surface area contributed by atoms with Crippen LogP contribution < -0.4 is 4.74 Å². The summed E-state index contributed by atoms with van der Waals surface area (Å²) in [5, 5.41) is 8.03. The molecule has 2 atom stereocenters. The van der Waals surface area contributed by atoms with Crippen molar-refractivity contribution in [3.8, 4) is 5.75 Å². The van der Waals surface area contributed by atoms with Crippen molar-refractivity contribution in [3.05, 3.63) is 41.6 Å². The highest BCUT2D eigenvalue weighted by Crippen LogP contribution is 2.31. The van der Waals surface area contributed by atoms with Gasteiger partial charge in [-0.15, -0.1) is 10.2 Å². The number of ether oxygens (including phenoxy) is 1. The molecule has 2 heterocycles. The molecule has 1 amide bonds. The Kier molecular flexibility index (Phi) is 4.83. The van der Waals surface area contributed by atoms with Crippen LogP contribution in [0.25, 0.3) is 0 Å². The van der Waals surface area contributed by atoms with Gasteiger partial charge in [-0.25, -0.2) is 0 Å². The lowest BCUT2D eigenvalue weighted by atomic mass is 9.90. The normalized spacial score (nSPS) is 20.9. The number of piperidine rings is 1. The average molecular weight is 329 g/mol. The summed E-state index contributed by atoms with van der Waals surface area (Å²) in [6.45, 7) is 6.61. The van der Waals surface area contributed by atoms with Crippen LogP contribution in [0.5, 0.6) is 5.75 Å². The van der Waals surface area contributed by atoms with E-state index in [4.69, 9.17) is 9.15 Å². The molecule has 2 aromatic rings. The summed E-state index contributed by atoms with van der Waals surface area (Å²) in [5.74, 6) is 1.97. The molecule has 0 N–H and O–H groups in total. The Morgan fingerprint density at radius 3 is 2.71 bits per heavy atom. The summed E-state index contributed by atoms with van der Waals surface area (Å²) in [7, 11) is 0. The molecule has 6 nitrogen and oxygen atoms in total. The molecule has 3 rings (SSSR count). The van der Waals surface area contributed by atoms with Crippen molar-refractivity contribution in [1.29, 1.82) is 0 Å². The monoisotopic (exact) mass is 329 g/mol. The van der Waals surface area contributed by atoms with Crippen LogP contribution in [0.3, 0.4) is 0 Å². The molecule has 0 aliphatic carbocycles. The zero-order chi connectivity index (χ0) is 17.1. The van der Waals surface area contributed by atoms with Gasteiger partial charge in [-0.2, -0.15) is 0 Å². The zero-order valence-corrected chi connectivity index (χ0v) is 14.4. The van der Waals surface area contributed by atoms with E-state index in [1.54, 1.807) is 6.92 Å². The van der Waals surface area contributed by atoms with E-state index in [-0.39, 0.29) is 24.5 Å². The van der Waals surface area contributed by atoms with Gasteiger partial charge in [-0.05, 0) is 38.8 Å². The predicted octanol–water partition coefficient (Wildman–Crippen LogP) is 2.86. The smallest absolute Gasteiger partial charge is 0.260 e. The standard InChI is InChI=1S/C18H23N3O3/c1-12-6-8-15(9-7-12)23-11-17(22)21-10-4-5-16(13(21)2)18-20-19-14(3)24-18/h6-9,13,16H,4-5,10-11H2,1-3H3/t13-,16-/m0/s1. The molecule has 0 unspecified atom stereocenters. The average Bonchev–Trinajstić information content (AvgIpc) is 3.00. The summed E-state index contributed by atoms with van der Waals surface area (Å²) in [5.41, 5.74) is 1.16. The van der Waals surface area contributed by atoms with Gasteiger partial charge in [-0.3, -0.25) is 4.79 Å². The van der Waals surface area contributed by atoms with Crippen LogP contribution >= 0.6 is 0 Å². The number of aryl methyl sites for hydroxylation is 2. The van der Waals surface area contributed by atoms with Crippen LogP contribution in [0, 0.1) is 13.8 Å². The molecule has 1 aromatic carbocycles. The summed E-state index contributed by atoms with van der Waals surface area (Å²) < 4.78 is 11.2. The van der Waals surface area contributed by atoms with E-state index < -0.39 is 0 Å². The molecule has 1 saturated heterocycles. The van der Waals surface area contributed by atoms with E-state index in [0.717, 1.165) is 24.9 Å². The van der Waals surface area contributed by atoms with Crippen molar-refractivity contribution in [3.63, 3.8) is 0 Å². The van der Waals surface area contributed by atoms with Gasteiger partial charge >= 0.3 is 0 Å². The molecular weight excluding hydrogens is 306 g/mol. The molecule has 1 aliphatic rings. The van der Waals surface area contributed by atoms with Gasteiger partial charge in [0.05, 0.1) is 5.92 Å². The summed E-state index contributed by atoms with van der Waals surface area (Å²) in [4.78, 5) is 14.4. The third-order valence-corrected chi connectivity index (χ3v) is 4.55. The molecule has 1 fully saturated rings. The topological polar surface area (TPSA) is 68.5 Å². The minimum absolute atomic E-state index is 0.0102. The van der Waals surface area contributed by atoms with Crippen molar-refractivity contribution >= 4 is 5.91 Å². The van der Waals surface area contributed by atoms with Gasteiger partial charge < -0.3 is 14.1 Å². The SMILES string of the molecule is Cc1ccc(OCC(=O)N2CCC[C@H](c3nnc(C)o3)[C@@H]2C)cc1. The molecule has 24 heavy (non-hydrogen) atoms. The van der Waals surface area contributed by atoms with Crippen LogP contribution in [0.2, 0.25) is 0 Å². The maximum absolute atomic E-state index is 12.6. The van der Waals surface area contributed by atoms with Gasteiger partial charge in [-0.1, -0.05) is 17.7 Å². The van der Waals surface area contributed by atoms with E-state index in [1.165, 1.54) is 0 Å². The van der Waals surface area contributed by atoms with E-state index in [9.17, 15) is 4.79 Å². The number of benzene rings is 1. The van der Waals surface area contributed by atoms with E-state index in [1.807, 2.05) is 43.0 Å². The Bertz CT molecular complexity index is 696. The van der Waals surface area contributed by atoms with Crippen LogP contribution in [0.4, 0.5) is 0 Å². The summed E-state index contributed by atoms with van der Waals surface area (Å²) >= 11 is 0. The van der Waals surface area contributed by atoms with Crippen LogP contribution in [-0.2, 0) is 4.79 Å². The lowest BCUT2D eigenvalue weighted by molar-refractivity contribution is -0.137. The summed E-state index contributed by atoms with van der Waals surface area (Å²) in [6.07, 6.45) is 1.87. The van der Waals surface area contributed by atoms with Crippen LogP contribution in [-0.4, -0.2) is 40.2 Å². The predicted molar refractivity (Wildman–Crippen MR) is 88.9 cm³/mol. The van der Waals surface area contributed by atoms with Crippen molar-refractivity contribution < 1.29 is 13.9 Å². The Morgan fingerprint density at radius 1 is 1.29 bits per heavy atom. The number of hydrogen-bond donors (Lipinski definition) is 0. The number of carbonyl (C=O) groups is 1. The molecule has 6 heteroatoms. The van der Waals surface area contributed by atoms with Gasteiger partial charge in [0.1, 0.15) is 5.75 Å². The van der Waals surface area contributed by atoms with Crippen LogP contribution in [0.1, 0.15) is 43.0 Å². The van der Waals surface area contributed by atoms with Gasteiger partial charge in [0.25, 0.3) is 5.91 Å². The first kappa shape index (κ1) is 16.5. The molecular formula is C18H23N3O3.